The van der Waals surface area contributed by atoms with Gasteiger partial charge in [-0.05, 0) is 45.7 Å². The predicted octanol–water partition coefficient (Wildman–Crippen LogP) is 1.40. The molecule has 0 aliphatic heterocycles. The summed E-state index contributed by atoms with van der Waals surface area (Å²) in [5, 5.41) is 2.17. The van der Waals surface area contributed by atoms with Gasteiger partial charge in [0.2, 0.25) is 21.8 Å². The zero-order chi connectivity index (χ0) is 26.2. The summed E-state index contributed by atoms with van der Waals surface area (Å²) >= 11 is 1.27. The van der Waals surface area contributed by atoms with Crippen molar-refractivity contribution in [3.8, 4) is 0 Å². The van der Waals surface area contributed by atoms with Crippen LogP contribution in [0.25, 0.3) is 0 Å². The number of imide groups is 1. The van der Waals surface area contributed by atoms with Gasteiger partial charge in [0.25, 0.3) is 0 Å². The van der Waals surface area contributed by atoms with E-state index in [-0.39, 0.29) is 11.3 Å². The van der Waals surface area contributed by atoms with Crippen LogP contribution in [0.2, 0.25) is 0 Å². The van der Waals surface area contributed by atoms with Crippen LogP contribution in [0.5, 0.6) is 0 Å². The van der Waals surface area contributed by atoms with Crippen molar-refractivity contribution in [2.24, 2.45) is 5.73 Å². The quantitative estimate of drug-likeness (QED) is 0.289. The van der Waals surface area contributed by atoms with E-state index in [4.69, 9.17) is 16.2 Å². The fourth-order valence-electron chi connectivity index (χ4n) is 3.14. The lowest BCUT2D eigenvalue weighted by Gasteiger charge is -2.31. The number of ether oxygens (including phenoxy) is 1. The highest BCUT2D eigenvalue weighted by Crippen LogP contribution is 2.18. The van der Waals surface area contributed by atoms with Crippen molar-refractivity contribution in [3.63, 3.8) is 0 Å². The molecule has 0 spiro atoms. The van der Waals surface area contributed by atoms with Gasteiger partial charge in [0.05, 0.1) is 23.6 Å². The molecule has 0 aliphatic carbocycles. The Morgan fingerprint density at radius 1 is 1.17 bits per heavy atom. The Balaban J connectivity index is 2.29. The smallest absolute Gasteiger partial charge is 0.309 e. The second-order valence-electron chi connectivity index (χ2n) is 8.63. The third kappa shape index (κ3) is 9.02. The molecule has 13 heteroatoms. The number of nitrogens with two attached hydrogens (primary N) is 2. The number of carbonyl (C=O) groups is 3. The Morgan fingerprint density at radius 2 is 1.83 bits per heavy atom. The monoisotopic (exact) mass is 525 g/mol. The van der Waals surface area contributed by atoms with E-state index in [0.717, 1.165) is 0 Å². The highest BCUT2D eigenvalue weighted by atomic mass is 32.2. The van der Waals surface area contributed by atoms with Crippen molar-refractivity contribution < 1.29 is 27.5 Å². The Morgan fingerprint density at radius 3 is 2.37 bits per heavy atom. The van der Waals surface area contributed by atoms with Gasteiger partial charge in [0.15, 0.2) is 5.13 Å². The number of nitrogens with zero attached hydrogens (tertiary/aromatic N) is 2. The molecular formula is C22H31N5O6S2. The van der Waals surface area contributed by atoms with Gasteiger partial charge in [0, 0.05) is 11.8 Å². The number of thiazole rings is 1. The molecule has 0 radical (unpaired) electrons. The molecule has 192 valence electrons. The summed E-state index contributed by atoms with van der Waals surface area (Å²) in [5.41, 5.74) is 11.0. The van der Waals surface area contributed by atoms with Crippen LogP contribution in [0.3, 0.4) is 0 Å². The molecule has 2 rings (SSSR count). The van der Waals surface area contributed by atoms with Gasteiger partial charge >= 0.3 is 5.97 Å². The summed E-state index contributed by atoms with van der Waals surface area (Å²) in [7, 11) is -4.20. The number of amides is 2. The number of esters is 1. The summed E-state index contributed by atoms with van der Waals surface area (Å²) in [5.74, 6) is -2.32. The van der Waals surface area contributed by atoms with Gasteiger partial charge in [-0.25, -0.2) is 13.4 Å². The average Bonchev–Trinajstić information content (AvgIpc) is 3.17. The van der Waals surface area contributed by atoms with Crippen LogP contribution in [-0.4, -0.2) is 54.4 Å². The highest BCUT2D eigenvalue weighted by Gasteiger charge is 2.35. The van der Waals surface area contributed by atoms with E-state index in [1.165, 1.54) is 35.6 Å². The third-order valence-corrected chi connectivity index (χ3v) is 6.74. The van der Waals surface area contributed by atoms with Gasteiger partial charge in [-0.15, -0.1) is 11.3 Å². The fraction of sp³-hybridized carbons (Fsp3) is 0.455. The number of rotatable bonds is 11. The SMILES string of the molecule is CC(C)(C)OC(=O)C[C@H](NS(=O)(=O)c1ccccc1)N(C(=O)CN)C(=O)CCCc1csc(N)n1. The van der Waals surface area contributed by atoms with Crippen LogP contribution >= 0.6 is 11.3 Å². The van der Waals surface area contributed by atoms with Crippen LogP contribution < -0.4 is 16.2 Å². The van der Waals surface area contributed by atoms with E-state index in [1.54, 1.807) is 32.2 Å². The van der Waals surface area contributed by atoms with Crippen LogP contribution in [-0.2, 0) is 35.6 Å². The first kappa shape index (κ1) is 28.4. The maximum Gasteiger partial charge on any atom is 0.309 e. The van der Waals surface area contributed by atoms with E-state index in [2.05, 4.69) is 9.71 Å². The van der Waals surface area contributed by atoms with Crippen LogP contribution in [0.15, 0.2) is 40.6 Å². The molecule has 0 saturated carbocycles. The zero-order valence-corrected chi connectivity index (χ0v) is 21.5. The topological polar surface area (TPSA) is 175 Å². The Labute approximate surface area is 208 Å². The van der Waals surface area contributed by atoms with Crippen molar-refractivity contribution in [1.29, 1.82) is 0 Å². The number of anilines is 1. The Kier molecular flexibility index (Phi) is 9.89. The Hall–Kier alpha value is -2.87. The lowest BCUT2D eigenvalue weighted by Crippen LogP contribution is -2.56. The minimum atomic E-state index is -4.20. The van der Waals surface area contributed by atoms with E-state index < -0.39 is 52.5 Å². The molecule has 0 saturated heterocycles. The number of hydrogen-bond acceptors (Lipinski definition) is 10. The summed E-state index contributed by atoms with van der Waals surface area (Å²) in [6, 6.07) is 7.39. The molecule has 0 bridgehead atoms. The molecule has 11 nitrogen and oxygen atoms in total. The van der Waals surface area contributed by atoms with Crippen molar-refractivity contribution >= 4 is 44.3 Å². The van der Waals surface area contributed by atoms with Gasteiger partial charge in [-0.3, -0.25) is 19.3 Å². The second kappa shape index (κ2) is 12.2. The number of nitrogens with one attached hydrogen (secondary N) is 1. The van der Waals surface area contributed by atoms with Crippen molar-refractivity contribution in [1.82, 2.24) is 14.6 Å². The fourth-order valence-corrected chi connectivity index (χ4v) is 4.93. The highest BCUT2D eigenvalue weighted by molar-refractivity contribution is 7.89. The van der Waals surface area contributed by atoms with Crippen molar-refractivity contribution in [2.75, 3.05) is 12.3 Å². The molecule has 35 heavy (non-hydrogen) atoms. The van der Waals surface area contributed by atoms with Crippen molar-refractivity contribution in [3.05, 3.63) is 41.4 Å². The number of benzene rings is 1. The molecule has 1 atom stereocenters. The third-order valence-electron chi connectivity index (χ3n) is 4.54. The first-order valence-electron chi connectivity index (χ1n) is 10.9. The maximum absolute atomic E-state index is 13.1. The van der Waals surface area contributed by atoms with E-state index in [0.29, 0.717) is 28.6 Å². The lowest BCUT2D eigenvalue weighted by molar-refractivity contribution is -0.158. The largest absolute Gasteiger partial charge is 0.460 e. The summed E-state index contributed by atoms with van der Waals surface area (Å²) in [6.07, 6.45) is -1.49. The lowest BCUT2D eigenvalue weighted by atomic mass is 10.1. The van der Waals surface area contributed by atoms with E-state index >= 15 is 0 Å². The van der Waals surface area contributed by atoms with Crippen molar-refractivity contribution in [2.45, 2.75) is 63.1 Å². The van der Waals surface area contributed by atoms with Crippen LogP contribution in [0, 0.1) is 0 Å². The molecule has 5 N–H and O–H groups in total. The van der Waals surface area contributed by atoms with E-state index in [9.17, 15) is 22.8 Å². The number of aromatic nitrogens is 1. The summed E-state index contributed by atoms with van der Waals surface area (Å²) in [4.78, 5) is 43.1. The first-order valence-corrected chi connectivity index (χ1v) is 13.2. The number of hydrogen-bond donors (Lipinski definition) is 3. The second-order valence-corrected chi connectivity index (χ2v) is 11.2. The number of sulfonamides is 1. The number of nitrogen functional groups attached to an aromatic ring is 1. The molecule has 2 aromatic rings. The normalized spacial score (nSPS) is 12.7. The minimum Gasteiger partial charge on any atom is -0.460 e. The molecule has 1 heterocycles. The molecule has 0 aliphatic rings. The molecule has 2 amide bonds. The van der Waals surface area contributed by atoms with Crippen LogP contribution in [0.4, 0.5) is 5.13 Å². The summed E-state index contributed by atoms with van der Waals surface area (Å²) in [6.45, 7) is 4.37. The van der Waals surface area contributed by atoms with E-state index in [1.807, 2.05) is 0 Å². The number of aryl methyl sites for hydroxylation is 1. The van der Waals surface area contributed by atoms with Gasteiger partial charge in [-0.1, -0.05) is 18.2 Å². The zero-order valence-electron chi connectivity index (χ0n) is 19.9. The van der Waals surface area contributed by atoms with Crippen LogP contribution in [0.1, 0.15) is 45.7 Å². The average molecular weight is 526 g/mol. The molecule has 0 unspecified atom stereocenters. The van der Waals surface area contributed by atoms with Gasteiger partial charge < -0.3 is 16.2 Å². The standard InChI is InChI=1S/C22H31N5O6S2/c1-22(2,3)33-20(30)12-17(26-35(31,32)16-9-5-4-6-10-16)27(19(29)13-23)18(28)11-7-8-15-14-34-21(24)25-15/h4-6,9-10,14,17,26H,7-8,11-13,23H2,1-3H3,(H2,24,25)/t17-/m1/s1. The first-order chi connectivity index (χ1) is 16.3. The number of carbonyl (C=O) groups excluding carboxylic acids is 3. The molecule has 1 aromatic carbocycles. The summed E-state index contributed by atoms with van der Waals surface area (Å²) < 4.78 is 33.6. The van der Waals surface area contributed by atoms with Gasteiger partial charge in [-0.2, -0.15) is 4.72 Å². The maximum atomic E-state index is 13.1. The predicted molar refractivity (Wildman–Crippen MR) is 131 cm³/mol. The Bertz CT molecular complexity index is 1130. The molecular weight excluding hydrogens is 494 g/mol. The molecule has 1 aromatic heterocycles. The molecule has 0 fully saturated rings. The minimum absolute atomic E-state index is 0.0945. The van der Waals surface area contributed by atoms with Gasteiger partial charge in [0.1, 0.15) is 11.8 Å².